The molecule has 0 amide bonds. The Kier molecular flexibility index (Phi) is 7.84. The van der Waals surface area contributed by atoms with E-state index in [1.54, 1.807) is 0 Å². The summed E-state index contributed by atoms with van der Waals surface area (Å²) in [5, 5.41) is 4.27. The van der Waals surface area contributed by atoms with E-state index in [-0.39, 0.29) is 5.82 Å². The molecule has 0 unspecified atom stereocenters. The van der Waals surface area contributed by atoms with Gasteiger partial charge in [0.1, 0.15) is 0 Å². The second-order valence-corrected chi connectivity index (χ2v) is 14.9. The molecule has 41 heavy (non-hydrogen) atoms. The summed E-state index contributed by atoms with van der Waals surface area (Å²) >= 11 is 0. The van der Waals surface area contributed by atoms with Crippen LogP contribution in [0.5, 0.6) is 0 Å². The fourth-order valence-corrected chi connectivity index (χ4v) is 11.0. The van der Waals surface area contributed by atoms with Crippen molar-refractivity contribution in [2.75, 3.05) is 0 Å². The van der Waals surface area contributed by atoms with Gasteiger partial charge in [-0.05, 0) is 46.4 Å². The van der Waals surface area contributed by atoms with Crippen LogP contribution in [-0.4, -0.2) is 24.9 Å². The van der Waals surface area contributed by atoms with Crippen molar-refractivity contribution in [1.29, 1.82) is 0 Å². The molecule has 200 valence electrons. The number of aromatic nitrogens is 2. The van der Waals surface area contributed by atoms with Gasteiger partial charge in [0.05, 0.1) is 5.72 Å². The van der Waals surface area contributed by atoms with Crippen LogP contribution < -0.4 is 21.3 Å². The largest absolute Gasteiger partial charge is 0.345 e. The van der Waals surface area contributed by atoms with Crippen molar-refractivity contribution >= 4 is 36.6 Å². The van der Waals surface area contributed by atoms with E-state index in [0.717, 1.165) is 19.2 Å². The summed E-state index contributed by atoms with van der Waals surface area (Å²) in [5.74, 6) is 0.226. The molecule has 0 aliphatic heterocycles. The van der Waals surface area contributed by atoms with E-state index in [1.165, 1.54) is 37.8 Å². The lowest BCUT2D eigenvalue weighted by molar-refractivity contribution is 0.889. The summed E-state index contributed by atoms with van der Waals surface area (Å²) in [5.41, 5.74) is 6.34. The van der Waals surface area contributed by atoms with Gasteiger partial charge >= 0.3 is 0 Å². The molecule has 4 heteroatoms. The first kappa shape index (κ1) is 26.8. The molecule has 0 N–H and O–H groups in total. The molecule has 0 saturated heterocycles. The molecule has 0 radical (unpaired) electrons. The fraction of sp³-hybridized carbons (Fsp3) is 0.108. The summed E-state index contributed by atoms with van der Waals surface area (Å²) < 4.78 is 2.45. The zero-order chi connectivity index (χ0) is 28.1. The van der Waals surface area contributed by atoms with E-state index >= 15 is 0 Å². The second-order valence-electron chi connectivity index (χ2n) is 11.1. The van der Waals surface area contributed by atoms with Gasteiger partial charge in [-0.1, -0.05) is 151 Å². The molecular formula is C37H35BN2Si. The number of benzene rings is 5. The van der Waals surface area contributed by atoms with E-state index < -0.39 is 8.07 Å². The minimum Gasteiger partial charge on any atom is -0.345 e. The van der Waals surface area contributed by atoms with Gasteiger partial charge < -0.3 is 4.57 Å². The summed E-state index contributed by atoms with van der Waals surface area (Å²) in [7, 11) is -1.67. The first-order valence-corrected chi connectivity index (χ1v) is 16.6. The lowest BCUT2D eigenvalue weighted by Gasteiger charge is -2.35. The SMILES string of the molecule is Cc1cccc([Si](Cn2ccnc2BC(c2ccccc2)c2ccccc2)(c2ccccc2)c2cccc(C)c2)c1. The summed E-state index contributed by atoms with van der Waals surface area (Å²) in [6.07, 6.45) is 5.06. The Bertz CT molecular complexity index is 1630. The first-order chi connectivity index (χ1) is 20.1. The van der Waals surface area contributed by atoms with Crippen LogP contribution in [0.3, 0.4) is 0 Å². The van der Waals surface area contributed by atoms with Gasteiger partial charge in [-0.3, -0.25) is 4.98 Å². The minimum absolute atomic E-state index is 0.226. The highest BCUT2D eigenvalue weighted by Gasteiger charge is 2.40. The highest BCUT2D eigenvalue weighted by molar-refractivity contribution is 7.10. The van der Waals surface area contributed by atoms with Gasteiger partial charge in [0, 0.05) is 18.6 Å². The highest BCUT2D eigenvalue weighted by Crippen LogP contribution is 2.23. The standard InChI is InChI=1S/C37H35BN2Si/c1-29-14-12-22-34(26-29)41(33-20-10-5-11-21-33,35-23-13-15-30(2)27-35)28-40-25-24-39-37(40)38-36(31-16-6-3-7-17-31)32-18-8-4-9-19-32/h3-27,36,38H,28H2,1-2H3. The maximum atomic E-state index is 4.99. The maximum Gasteiger partial charge on any atom is 0.217 e. The van der Waals surface area contributed by atoms with Crippen molar-refractivity contribution in [3.05, 3.63) is 174 Å². The zero-order valence-electron chi connectivity index (χ0n) is 23.8. The van der Waals surface area contributed by atoms with E-state index in [9.17, 15) is 0 Å². The molecule has 0 aliphatic rings. The van der Waals surface area contributed by atoms with Crippen LogP contribution in [0.25, 0.3) is 0 Å². The fourth-order valence-electron chi connectivity index (χ4n) is 6.23. The average Bonchev–Trinajstić information content (AvgIpc) is 3.46. The molecule has 2 nitrogen and oxygen atoms in total. The number of hydrogen-bond donors (Lipinski definition) is 0. The van der Waals surface area contributed by atoms with Crippen molar-refractivity contribution in [3.8, 4) is 0 Å². The molecule has 0 spiro atoms. The molecule has 5 aromatic carbocycles. The zero-order valence-corrected chi connectivity index (χ0v) is 24.8. The number of aryl methyl sites for hydroxylation is 2. The molecule has 0 atom stereocenters. The van der Waals surface area contributed by atoms with E-state index in [0.29, 0.717) is 0 Å². The Morgan fingerprint density at radius 3 is 1.61 bits per heavy atom. The summed E-state index contributed by atoms with van der Waals surface area (Å²) in [6.45, 7) is 4.41. The van der Waals surface area contributed by atoms with Crippen LogP contribution in [-0.2, 0) is 6.17 Å². The van der Waals surface area contributed by atoms with E-state index in [4.69, 9.17) is 4.98 Å². The van der Waals surface area contributed by atoms with Gasteiger partial charge in [0.25, 0.3) is 0 Å². The van der Waals surface area contributed by atoms with Crippen molar-refractivity contribution in [3.63, 3.8) is 0 Å². The average molecular weight is 547 g/mol. The Hall–Kier alpha value is -4.41. The highest BCUT2D eigenvalue weighted by atomic mass is 28.3. The van der Waals surface area contributed by atoms with Crippen LogP contribution in [0.1, 0.15) is 28.1 Å². The van der Waals surface area contributed by atoms with Gasteiger partial charge in [0.15, 0.2) is 8.07 Å². The van der Waals surface area contributed by atoms with Gasteiger partial charge in [-0.2, -0.15) is 0 Å². The molecule has 6 aromatic rings. The third-order valence-corrected chi connectivity index (χ3v) is 13.0. The number of hydrogen-bond acceptors (Lipinski definition) is 1. The molecular weight excluding hydrogens is 511 g/mol. The van der Waals surface area contributed by atoms with E-state index in [2.05, 4.69) is 164 Å². The lowest BCUT2D eigenvalue weighted by Crippen LogP contribution is -2.70. The normalized spacial score (nSPS) is 11.5. The molecule has 0 bridgehead atoms. The molecule has 6 rings (SSSR count). The maximum absolute atomic E-state index is 4.99. The van der Waals surface area contributed by atoms with Crippen molar-refractivity contribution in [2.24, 2.45) is 0 Å². The molecule has 0 fully saturated rings. The second kappa shape index (κ2) is 12.0. The monoisotopic (exact) mass is 546 g/mol. The molecule has 0 aliphatic carbocycles. The minimum atomic E-state index is -2.51. The predicted octanol–water partition coefficient (Wildman–Crippen LogP) is 5.06. The van der Waals surface area contributed by atoms with Crippen LogP contribution in [0.4, 0.5) is 0 Å². The van der Waals surface area contributed by atoms with Crippen LogP contribution >= 0.6 is 0 Å². The Morgan fingerprint density at radius 2 is 1.10 bits per heavy atom. The quantitative estimate of drug-likeness (QED) is 0.183. The Balaban J connectivity index is 1.50. The topological polar surface area (TPSA) is 17.8 Å². The smallest absolute Gasteiger partial charge is 0.217 e. The predicted molar refractivity (Wildman–Crippen MR) is 177 cm³/mol. The third kappa shape index (κ3) is 5.61. The van der Waals surface area contributed by atoms with Crippen LogP contribution in [0.15, 0.2) is 152 Å². The van der Waals surface area contributed by atoms with Gasteiger partial charge in [-0.15, -0.1) is 0 Å². The number of rotatable bonds is 9. The Labute approximate surface area is 245 Å². The molecule has 0 saturated carbocycles. The van der Waals surface area contributed by atoms with Gasteiger partial charge in [-0.25, -0.2) is 0 Å². The van der Waals surface area contributed by atoms with Crippen LogP contribution in [0, 0.1) is 13.8 Å². The molecule has 1 heterocycles. The van der Waals surface area contributed by atoms with Crippen molar-refractivity contribution < 1.29 is 0 Å². The summed E-state index contributed by atoms with van der Waals surface area (Å²) in [4.78, 5) is 4.99. The lowest BCUT2D eigenvalue weighted by atomic mass is 9.58. The van der Waals surface area contributed by atoms with Crippen LogP contribution in [0.2, 0.25) is 0 Å². The molecule has 1 aromatic heterocycles. The van der Waals surface area contributed by atoms with Crippen molar-refractivity contribution in [1.82, 2.24) is 9.55 Å². The Morgan fingerprint density at radius 1 is 0.610 bits per heavy atom. The van der Waals surface area contributed by atoms with E-state index in [1.807, 2.05) is 6.20 Å². The van der Waals surface area contributed by atoms with Gasteiger partial charge in [0.2, 0.25) is 7.28 Å². The summed E-state index contributed by atoms with van der Waals surface area (Å²) in [6, 6.07) is 51.3. The number of nitrogens with zero attached hydrogens (tertiary/aromatic N) is 2. The first-order valence-electron chi connectivity index (χ1n) is 14.4. The third-order valence-electron chi connectivity index (χ3n) is 8.29. The number of imidazole rings is 1. The van der Waals surface area contributed by atoms with Crippen molar-refractivity contribution in [2.45, 2.75) is 25.8 Å².